The summed E-state index contributed by atoms with van der Waals surface area (Å²) in [6, 6.07) is 24.6. The Hall–Kier alpha value is -5.51. The molecule has 2 heterocycles. The van der Waals surface area contributed by atoms with Gasteiger partial charge in [0.05, 0.1) is 35.8 Å². The Labute approximate surface area is 268 Å². The topological polar surface area (TPSA) is 132 Å². The number of carbonyl (C=O) groups is 4. The van der Waals surface area contributed by atoms with Crippen LogP contribution in [0, 0.1) is 6.92 Å². The van der Waals surface area contributed by atoms with Crippen LogP contribution in [-0.4, -0.2) is 64.9 Å². The number of nitrogens with one attached hydrogen (secondary N) is 2. The normalized spacial score (nSPS) is 13.8. The highest BCUT2D eigenvalue weighted by atomic mass is 16.4. The van der Waals surface area contributed by atoms with Crippen molar-refractivity contribution in [3.63, 3.8) is 0 Å². The molecule has 4 aromatic rings. The number of carboxylic acid groups (broad SMARTS) is 1. The van der Waals surface area contributed by atoms with E-state index in [9.17, 15) is 24.3 Å². The maximum atomic E-state index is 13.5. The van der Waals surface area contributed by atoms with Crippen LogP contribution in [0.25, 0.3) is 0 Å². The Morgan fingerprint density at radius 3 is 2.37 bits per heavy atom. The maximum Gasteiger partial charge on any atom is 0.305 e. The van der Waals surface area contributed by atoms with Crippen molar-refractivity contribution in [1.29, 1.82) is 0 Å². The first-order valence-corrected chi connectivity index (χ1v) is 15.3. The Morgan fingerprint density at radius 2 is 1.65 bits per heavy atom. The van der Waals surface area contributed by atoms with Crippen LogP contribution in [0.15, 0.2) is 97.3 Å². The molecular weight excluding hydrogens is 582 g/mol. The molecule has 236 valence electrons. The molecule has 10 heteroatoms. The zero-order valence-corrected chi connectivity index (χ0v) is 25.7. The molecule has 0 saturated carbocycles. The third-order valence-corrected chi connectivity index (χ3v) is 7.94. The highest BCUT2D eigenvalue weighted by Gasteiger charge is 2.24. The van der Waals surface area contributed by atoms with Crippen LogP contribution in [0.5, 0.6) is 0 Å². The van der Waals surface area contributed by atoms with Gasteiger partial charge in [0, 0.05) is 44.1 Å². The first kappa shape index (κ1) is 31.9. The molecule has 10 nitrogen and oxygen atoms in total. The van der Waals surface area contributed by atoms with Gasteiger partial charge in [0.2, 0.25) is 5.91 Å². The van der Waals surface area contributed by atoms with E-state index in [0.717, 1.165) is 16.8 Å². The summed E-state index contributed by atoms with van der Waals surface area (Å²) in [7, 11) is 0. The molecular formula is C36H37N5O5. The van der Waals surface area contributed by atoms with E-state index in [1.165, 1.54) is 0 Å². The van der Waals surface area contributed by atoms with Crippen molar-refractivity contribution in [2.75, 3.05) is 36.4 Å². The standard InChI is InChI=1S/C36H37N5O5/c1-25-10-12-27(13-11-25)30(23-34(43)44)39-35(45)28-14-15-32(31(22-28)38-33(42)21-26-7-3-2-4-8-26)40-17-6-18-41(20-19-40)36(46)29-9-5-16-37-24-29/h2-5,7-16,22,24,30H,6,17-21,23H2,1H3,(H,38,42)(H,39,45)(H,43,44). The van der Waals surface area contributed by atoms with E-state index in [2.05, 4.69) is 20.5 Å². The molecule has 0 bridgehead atoms. The smallest absolute Gasteiger partial charge is 0.305 e. The van der Waals surface area contributed by atoms with Gasteiger partial charge in [-0.15, -0.1) is 0 Å². The van der Waals surface area contributed by atoms with Crippen LogP contribution < -0.4 is 15.5 Å². The van der Waals surface area contributed by atoms with E-state index in [1.807, 2.05) is 61.5 Å². The molecule has 1 fully saturated rings. The Kier molecular flexibility index (Phi) is 10.4. The molecule has 1 atom stereocenters. The molecule has 1 aromatic heterocycles. The molecule has 1 saturated heterocycles. The molecule has 3 amide bonds. The van der Waals surface area contributed by atoms with E-state index in [0.29, 0.717) is 49.4 Å². The Balaban J connectivity index is 1.39. The van der Waals surface area contributed by atoms with E-state index >= 15 is 0 Å². The first-order chi connectivity index (χ1) is 22.3. The summed E-state index contributed by atoms with van der Waals surface area (Å²) in [5.41, 5.74) is 4.57. The maximum absolute atomic E-state index is 13.5. The number of amides is 3. The van der Waals surface area contributed by atoms with Crippen LogP contribution in [0.1, 0.15) is 56.3 Å². The Morgan fingerprint density at radius 1 is 0.870 bits per heavy atom. The van der Waals surface area contributed by atoms with Crippen molar-refractivity contribution in [2.24, 2.45) is 0 Å². The summed E-state index contributed by atoms with van der Waals surface area (Å²) in [6.45, 7) is 4.14. The van der Waals surface area contributed by atoms with Crippen LogP contribution in [0.2, 0.25) is 0 Å². The third-order valence-electron chi connectivity index (χ3n) is 7.94. The molecule has 0 radical (unpaired) electrons. The van der Waals surface area contributed by atoms with Crippen LogP contribution in [-0.2, 0) is 16.0 Å². The molecule has 1 unspecified atom stereocenters. The largest absolute Gasteiger partial charge is 0.481 e. The van der Waals surface area contributed by atoms with Crippen molar-refractivity contribution < 1.29 is 24.3 Å². The van der Waals surface area contributed by atoms with Gasteiger partial charge in [-0.2, -0.15) is 0 Å². The molecule has 1 aliphatic rings. The van der Waals surface area contributed by atoms with Gasteiger partial charge in [-0.05, 0) is 54.8 Å². The predicted octanol–water partition coefficient (Wildman–Crippen LogP) is 4.87. The van der Waals surface area contributed by atoms with Crippen molar-refractivity contribution in [2.45, 2.75) is 32.2 Å². The number of hydrogen-bond donors (Lipinski definition) is 3. The first-order valence-electron chi connectivity index (χ1n) is 15.3. The summed E-state index contributed by atoms with van der Waals surface area (Å²) in [4.78, 5) is 59.5. The number of hydrogen-bond acceptors (Lipinski definition) is 6. The second-order valence-corrected chi connectivity index (χ2v) is 11.4. The minimum atomic E-state index is -1.03. The summed E-state index contributed by atoms with van der Waals surface area (Å²) >= 11 is 0. The lowest BCUT2D eigenvalue weighted by atomic mass is 10.0. The molecule has 1 aliphatic heterocycles. The van der Waals surface area contributed by atoms with Crippen molar-refractivity contribution in [1.82, 2.24) is 15.2 Å². The number of carboxylic acids is 1. The summed E-state index contributed by atoms with van der Waals surface area (Å²) < 4.78 is 0. The van der Waals surface area contributed by atoms with Crippen LogP contribution in [0.4, 0.5) is 11.4 Å². The van der Waals surface area contributed by atoms with Gasteiger partial charge in [-0.3, -0.25) is 24.2 Å². The fraction of sp³-hybridized carbons (Fsp3) is 0.250. The number of aryl methyl sites for hydroxylation is 1. The fourth-order valence-corrected chi connectivity index (χ4v) is 5.53. The van der Waals surface area contributed by atoms with E-state index in [-0.39, 0.29) is 30.2 Å². The lowest BCUT2D eigenvalue weighted by Crippen LogP contribution is -2.35. The van der Waals surface area contributed by atoms with E-state index < -0.39 is 17.9 Å². The van der Waals surface area contributed by atoms with Gasteiger partial charge in [0.1, 0.15) is 0 Å². The van der Waals surface area contributed by atoms with Gasteiger partial charge in [-0.25, -0.2) is 0 Å². The van der Waals surface area contributed by atoms with Crippen LogP contribution >= 0.6 is 0 Å². The second kappa shape index (κ2) is 15.0. The highest BCUT2D eigenvalue weighted by molar-refractivity contribution is 6.01. The SMILES string of the molecule is Cc1ccc(C(CC(=O)O)NC(=O)c2ccc(N3CCCN(C(=O)c4cccnc4)CC3)c(NC(=O)Cc3ccccc3)c2)cc1. The number of carbonyl (C=O) groups excluding carboxylic acids is 3. The molecule has 46 heavy (non-hydrogen) atoms. The lowest BCUT2D eigenvalue weighted by Gasteiger charge is -2.27. The molecule has 3 N–H and O–H groups in total. The van der Waals surface area contributed by atoms with Crippen molar-refractivity contribution in [3.05, 3.63) is 125 Å². The van der Waals surface area contributed by atoms with Gasteiger partial charge in [0.25, 0.3) is 11.8 Å². The zero-order valence-electron chi connectivity index (χ0n) is 25.7. The summed E-state index contributed by atoms with van der Waals surface area (Å²) in [5.74, 6) is -1.81. The minimum Gasteiger partial charge on any atom is -0.481 e. The number of benzene rings is 3. The third kappa shape index (κ3) is 8.35. The average Bonchev–Trinajstić information content (AvgIpc) is 3.31. The van der Waals surface area contributed by atoms with Crippen molar-refractivity contribution in [3.8, 4) is 0 Å². The van der Waals surface area contributed by atoms with Gasteiger partial charge in [-0.1, -0.05) is 60.2 Å². The number of aliphatic carboxylic acids is 1. The highest BCUT2D eigenvalue weighted by Crippen LogP contribution is 2.30. The molecule has 0 aliphatic carbocycles. The number of pyridine rings is 1. The summed E-state index contributed by atoms with van der Waals surface area (Å²) in [5, 5.41) is 15.4. The van der Waals surface area contributed by atoms with Gasteiger partial charge in [0.15, 0.2) is 0 Å². The molecule has 3 aromatic carbocycles. The average molecular weight is 620 g/mol. The predicted molar refractivity (Wildman–Crippen MR) is 176 cm³/mol. The number of aromatic nitrogens is 1. The second-order valence-electron chi connectivity index (χ2n) is 11.4. The monoisotopic (exact) mass is 619 g/mol. The molecule has 5 rings (SSSR count). The molecule has 0 spiro atoms. The quantitative estimate of drug-likeness (QED) is 0.231. The number of anilines is 2. The zero-order chi connectivity index (χ0) is 32.5. The van der Waals surface area contributed by atoms with Crippen LogP contribution in [0.3, 0.4) is 0 Å². The van der Waals surface area contributed by atoms with Gasteiger partial charge < -0.3 is 25.5 Å². The van der Waals surface area contributed by atoms with Gasteiger partial charge >= 0.3 is 5.97 Å². The minimum absolute atomic E-state index is 0.0807. The lowest BCUT2D eigenvalue weighted by molar-refractivity contribution is -0.137. The number of nitrogens with zero attached hydrogens (tertiary/aromatic N) is 3. The van der Waals surface area contributed by atoms with Crippen molar-refractivity contribution >= 4 is 35.1 Å². The van der Waals surface area contributed by atoms with E-state index in [1.54, 1.807) is 47.6 Å². The Bertz CT molecular complexity index is 1680. The van der Waals surface area contributed by atoms with E-state index in [4.69, 9.17) is 0 Å². The number of rotatable bonds is 10. The fourth-order valence-electron chi connectivity index (χ4n) is 5.53. The summed E-state index contributed by atoms with van der Waals surface area (Å²) in [6.07, 6.45) is 3.77.